The molecule has 1 heterocycles. The van der Waals surface area contributed by atoms with Gasteiger partial charge in [-0.1, -0.05) is 55.3 Å². The van der Waals surface area contributed by atoms with Crippen molar-refractivity contribution in [3.63, 3.8) is 0 Å². The predicted octanol–water partition coefficient (Wildman–Crippen LogP) is 3.94. The molecule has 0 aliphatic carbocycles. The van der Waals surface area contributed by atoms with E-state index in [4.69, 9.17) is 9.15 Å². The number of ether oxygens (including phenoxy) is 1. The van der Waals surface area contributed by atoms with Gasteiger partial charge in [-0.05, 0) is 29.2 Å². The summed E-state index contributed by atoms with van der Waals surface area (Å²) >= 11 is 0. The smallest absolute Gasteiger partial charge is 0.322 e. The van der Waals surface area contributed by atoms with Gasteiger partial charge >= 0.3 is 6.01 Å². The monoisotopic (exact) mass is 369 g/mol. The van der Waals surface area contributed by atoms with E-state index in [0.29, 0.717) is 18.2 Å². The molecule has 27 heavy (non-hydrogen) atoms. The van der Waals surface area contributed by atoms with Crippen LogP contribution in [0.5, 0.6) is 5.75 Å². The molecule has 1 amide bonds. The number of para-hydroxylation sites is 1. The fraction of sp³-hybridized carbons (Fsp3) is 0.250. The van der Waals surface area contributed by atoms with Crippen LogP contribution < -0.4 is 10.1 Å². The Kier molecular flexibility index (Phi) is 5.80. The highest BCUT2D eigenvalue weighted by Crippen LogP contribution is 2.18. The lowest BCUT2D eigenvalue weighted by Crippen LogP contribution is -2.20. The molecule has 0 aliphatic rings. The van der Waals surface area contributed by atoms with Crippen LogP contribution >= 0.6 is 0 Å². The molecule has 0 spiro atoms. The number of carbonyl (C=O) groups is 1. The molecule has 0 radical (unpaired) electrons. The molecule has 0 bridgehead atoms. The molecule has 140 valence electrons. The number of halogens is 1. The van der Waals surface area contributed by atoms with Crippen LogP contribution in [0.4, 0.5) is 10.4 Å². The lowest BCUT2D eigenvalue weighted by atomic mass is 10.0. The van der Waals surface area contributed by atoms with Crippen molar-refractivity contribution in [2.75, 3.05) is 11.9 Å². The van der Waals surface area contributed by atoms with Crippen LogP contribution in [0.25, 0.3) is 0 Å². The van der Waals surface area contributed by atoms with E-state index in [9.17, 15) is 9.18 Å². The zero-order valence-electron chi connectivity index (χ0n) is 15.1. The lowest BCUT2D eigenvalue weighted by molar-refractivity contribution is -0.118. The minimum atomic E-state index is -0.533. The van der Waals surface area contributed by atoms with Crippen LogP contribution in [0, 0.1) is 5.82 Å². The van der Waals surface area contributed by atoms with Gasteiger partial charge in [-0.2, -0.15) is 0 Å². The number of benzene rings is 2. The van der Waals surface area contributed by atoms with Crippen LogP contribution in [-0.4, -0.2) is 22.7 Å². The number of hydrogen-bond donors (Lipinski definition) is 1. The highest BCUT2D eigenvalue weighted by atomic mass is 19.1. The highest BCUT2D eigenvalue weighted by molar-refractivity contribution is 5.89. The van der Waals surface area contributed by atoms with E-state index in [1.165, 1.54) is 17.7 Å². The van der Waals surface area contributed by atoms with Crippen LogP contribution in [-0.2, 0) is 11.2 Å². The summed E-state index contributed by atoms with van der Waals surface area (Å²) in [6.07, 6.45) is 0.465. The molecule has 6 nitrogen and oxygen atoms in total. The first-order valence-corrected chi connectivity index (χ1v) is 8.59. The second kappa shape index (κ2) is 8.44. The summed E-state index contributed by atoms with van der Waals surface area (Å²) in [5.41, 5.74) is 2.29. The number of nitrogens with zero attached hydrogens (tertiary/aromatic N) is 2. The minimum absolute atomic E-state index is 0.00344. The summed E-state index contributed by atoms with van der Waals surface area (Å²) in [6.45, 7) is 3.91. The van der Waals surface area contributed by atoms with Gasteiger partial charge in [-0.3, -0.25) is 10.1 Å². The van der Waals surface area contributed by atoms with Crippen molar-refractivity contribution in [1.29, 1.82) is 0 Å². The SMILES string of the molecule is CC(C)c1ccc(Cc2nnc(NC(=O)COc3ccccc3F)o2)cc1. The van der Waals surface area contributed by atoms with E-state index in [1.807, 2.05) is 12.1 Å². The molecule has 0 fully saturated rings. The van der Waals surface area contributed by atoms with Crippen molar-refractivity contribution in [2.45, 2.75) is 26.2 Å². The van der Waals surface area contributed by atoms with Gasteiger partial charge in [0.1, 0.15) is 0 Å². The first-order valence-electron chi connectivity index (χ1n) is 8.59. The molecule has 7 heteroatoms. The number of rotatable bonds is 7. The zero-order valence-corrected chi connectivity index (χ0v) is 15.1. The maximum atomic E-state index is 13.4. The van der Waals surface area contributed by atoms with Gasteiger partial charge in [-0.15, -0.1) is 5.10 Å². The predicted molar refractivity (Wildman–Crippen MR) is 98.2 cm³/mol. The van der Waals surface area contributed by atoms with E-state index in [1.54, 1.807) is 12.1 Å². The second-order valence-electron chi connectivity index (χ2n) is 6.34. The zero-order chi connectivity index (χ0) is 19.2. The molecule has 1 N–H and O–H groups in total. The van der Waals surface area contributed by atoms with Gasteiger partial charge in [-0.25, -0.2) is 4.39 Å². The van der Waals surface area contributed by atoms with Crippen molar-refractivity contribution in [2.24, 2.45) is 0 Å². The molecule has 3 rings (SSSR count). The Morgan fingerprint density at radius 1 is 1.15 bits per heavy atom. The summed E-state index contributed by atoms with van der Waals surface area (Å²) in [4.78, 5) is 11.9. The van der Waals surface area contributed by atoms with E-state index in [0.717, 1.165) is 5.56 Å². The summed E-state index contributed by atoms with van der Waals surface area (Å²) in [5, 5.41) is 10.1. The Bertz CT molecular complexity index is 907. The topological polar surface area (TPSA) is 77.2 Å². The van der Waals surface area contributed by atoms with Crippen LogP contribution in [0.15, 0.2) is 52.9 Å². The summed E-state index contributed by atoms with van der Waals surface area (Å²) in [5.74, 6) is -0.194. The van der Waals surface area contributed by atoms with E-state index < -0.39 is 11.7 Å². The molecule has 1 aromatic heterocycles. The Labute approximate surface area is 156 Å². The fourth-order valence-corrected chi connectivity index (χ4v) is 2.43. The average molecular weight is 369 g/mol. The molecule has 0 atom stereocenters. The van der Waals surface area contributed by atoms with E-state index in [-0.39, 0.29) is 18.4 Å². The first-order chi connectivity index (χ1) is 13.0. The number of anilines is 1. The quantitative estimate of drug-likeness (QED) is 0.683. The molecule has 0 aliphatic heterocycles. The molecular formula is C20H20FN3O3. The van der Waals surface area contributed by atoms with E-state index >= 15 is 0 Å². The Morgan fingerprint density at radius 3 is 2.59 bits per heavy atom. The van der Waals surface area contributed by atoms with Gasteiger partial charge < -0.3 is 9.15 Å². The van der Waals surface area contributed by atoms with Crippen LogP contribution in [0.2, 0.25) is 0 Å². The fourth-order valence-electron chi connectivity index (χ4n) is 2.43. The standard InChI is InChI=1S/C20H20FN3O3/c1-13(2)15-9-7-14(8-10-15)11-19-23-24-20(27-19)22-18(25)12-26-17-6-4-3-5-16(17)21/h3-10,13H,11-12H2,1-2H3,(H,22,24,25). The Hall–Kier alpha value is -3.22. The molecule has 0 unspecified atom stereocenters. The van der Waals surface area contributed by atoms with Crippen molar-refractivity contribution in [1.82, 2.24) is 10.2 Å². The highest BCUT2D eigenvalue weighted by Gasteiger charge is 2.12. The lowest BCUT2D eigenvalue weighted by Gasteiger charge is -2.06. The average Bonchev–Trinajstić information content (AvgIpc) is 3.08. The van der Waals surface area contributed by atoms with Crippen molar-refractivity contribution >= 4 is 11.9 Å². The number of aromatic nitrogens is 2. The molecule has 2 aromatic carbocycles. The largest absolute Gasteiger partial charge is 0.481 e. The molecule has 0 saturated heterocycles. The van der Waals surface area contributed by atoms with E-state index in [2.05, 4.69) is 41.5 Å². The number of carbonyl (C=O) groups excluding carboxylic acids is 1. The number of nitrogens with one attached hydrogen (secondary N) is 1. The number of amides is 1. The number of hydrogen-bond acceptors (Lipinski definition) is 5. The van der Waals surface area contributed by atoms with Crippen LogP contribution in [0.1, 0.15) is 36.8 Å². The summed E-state index contributed by atoms with van der Waals surface area (Å²) in [7, 11) is 0. The van der Waals surface area contributed by atoms with Gasteiger partial charge in [0.15, 0.2) is 18.2 Å². The third-order valence-electron chi connectivity index (χ3n) is 3.91. The maximum Gasteiger partial charge on any atom is 0.322 e. The molecular weight excluding hydrogens is 349 g/mol. The van der Waals surface area contributed by atoms with Crippen molar-refractivity contribution < 1.29 is 18.3 Å². The maximum absolute atomic E-state index is 13.4. The normalized spacial score (nSPS) is 10.8. The van der Waals surface area contributed by atoms with Gasteiger partial charge in [0.2, 0.25) is 5.89 Å². The minimum Gasteiger partial charge on any atom is -0.481 e. The Morgan fingerprint density at radius 2 is 1.89 bits per heavy atom. The van der Waals surface area contributed by atoms with Gasteiger partial charge in [0.05, 0.1) is 6.42 Å². The van der Waals surface area contributed by atoms with Gasteiger partial charge in [0.25, 0.3) is 5.91 Å². The third-order valence-corrected chi connectivity index (χ3v) is 3.91. The van der Waals surface area contributed by atoms with Crippen molar-refractivity contribution in [3.05, 3.63) is 71.4 Å². The summed E-state index contributed by atoms with van der Waals surface area (Å²) in [6, 6.07) is 14.0. The van der Waals surface area contributed by atoms with Crippen LogP contribution in [0.3, 0.4) is 0 Å². The summed E-state index contributed by atoms with van der Waals surface area (Å²) < 4.78 is 24.0. The van der Waals surface area contributed by atoms with Gasteiger partial charge in [0, 0.05) is 0 Å². The second-order valence-corrected chi connectivity index (χ2v) is 6.34. The third kappa shape index (κ3) is 5.13. The Balaban J connectivity index is 1.52. The van der Waals surface area contributed by atoms with Crippen molar-refractivity contribution in [3.8, 4) is 5.75 Å². The molecule has 0 saturated carbocycles. The first kappa shape index (κ1) is 18.6. The molecule has 3 aromatic rings.